The summed E-state index contributed by atoms with van der Waals surface area (Å²) in [4.78, 5) is 30.4. The van der Waals surface area contributed by atoms with Crippen molar-refractivity contribution in [3.05, 3.63) is 24.2 Å². The average molecular weight is 378 g/mol. The zero-order chi connectivity index (χ0) is 19.1. The molecule has 1 aromatic rings. The molecule has 1 atom stereocenters. The summed E-state index contributed by atoms with van der Waals surface area (Å²) in [5.74, 6) is 0.215. The Hall–Kier alpha value is -2.06. The van der Waals surface area contributed by atoms with Crippen molar-refractivity contribution >= 4 is 11.9 Å². The lowest BCUT2D eigenvalue weighted by atomic mass is 10.0. The van der Waals surface area contributed by atoms with Gasteiger partial charge in [0.15, 0.2) is 5.76 Å². The third kappa shape index (κ3) is 5.23. The summed E-state index contributed by atoms with van der Waals surface area (Å²) in [6.45, 7) is 4.85. The lowest BCUT2D eigenvalue weighted by molar-refractivity contribution is 0.0633. The predicted octanol–water partition coefficient (Wildman–Crippen LogP) is 0.984. The van der Waals surface area contributed by atoms with Crippen LogP contribution in [-0.2, 0) is 0 Å². The Morgan fingerprint density at radius 2 is 1.93 bits per heavy atom. The van der Waals surface area contributed by atoms with Crippen LogP contribution in [0.2, 0.25) is 0 Å². The normalized spacial score (nSPS) is 21.3. The van der Waals surface area contributed by atoms with Gasteiger partial charge in [-0.1, -0.05) is 6.42 Å². The van der Waals surface area contributed by atoms with Crippen molar-refractivity contribution in [3.63, 3.8) is 0 Å². The highest BCUT2D eigenvalue weighted by atomic mass is 16.3. The van der Waals surface area contributed by atoms with Crippen LogP contribution in [0.3, 0.4) is 0 Å². The molecule has 3 rings (SSSR count). The number of piperazine rings is 1. The number of hydrogen-bond acceptors (Lipinski definition) is 5. The Kier molecular flexibility index (Phi) is 7.11. The maximum Gasteiger partial charge on any atom is 0.317 e. The minimum atomic E-state index is -0.125. The average Bonchev–Trinajstić information content (AvgIpc) is 3.25. The highest BCUT2D eigenvalue weighted by Gasteiger charge is 2.26. The second-order valence-corrected chi connectivity index (χ2v) is 7.21. The smallest absolute Gasteiger partial charge is 0.317 e. The first-order valence-corrected chi connectivity index (χ1v) is 9.89. The minimum Gasteiger partial charge on any atom is -0.459 e. The third-order valence-corrected chi connectivity index (χ3v) is 5.44. The number of nitrogens with zero attached hydrogens (tertiary/aromatic N) is 3. The van der Waals surface area contributed by atoms with Crippen LogP contribution in [0.25, 0.3) is 0 Å². The van der Waals surface area contributed by atoms with Gasteiger partial charge in [-0.05, 0) is 37.9 Å². The lowest BCUT2D eigenvalue weighted by Gasteiger charge is -2.35. The molecule has 0 radical (unpaired) electrons. The molecular weight excluding hydrogens is 348 g/mol. The highest BCUT2D eigenvalue weighted by Crippen LogP contribution is 2.16. The summed E-state index contributed by atoms with van der Waals surface area (Å²) in [5.41, 5.74) is 0. The largest absolute Gasteiger partial charge is 0.459 e. The SMILES string of the molecule is O=C(NCCCN1CCCC[C@H]1CO)N1CCN(C(=O)c2ccco2)CC1. The molecule has 2 fully saturated rings. The number of aliphatic hydroxyl groups excluding tert-OH is 1. The molecule has 0 aliphatic carbocycles. The van der Waals surface area contributed by atoms with E-state index in [9.17, 15) is 14.7 Å². The number of likely N-dealkylation sites (tertiary alicyclic amines) is 1. The van der Waals surface area contributed by atoms with Gasteiger partial charge in [-0.2, -0.15) is 0 Å². The molecule has 2 aliphatic rings. The molecule has 3 amide bonds. The molecule has 1 aromatic heterocycles. The molecule has 8 heteroatoms. The molecule has 2 saturated heterocycles. The van der Waals surface area contributed by atoms with E-state index in [2.05, 4.69) is 10.2 Å². The Morgan fingerprint density at radius 1 is 1.15 bits per heavy atom. The van der Waals surface area contributed by atoms with E-state index in [-0.39, 0.29) is 24.6 Å². The monoisotopic (exact) mass is 378 g/mol. The number of furan rings is 1. The number of urea groups is 1. The number of piperidine rings is 1. The number of amides is 3. The summed E-state index contributed by atoms with van der Waals surface area (Å²) in [6.07, 6.45) is 5.80. The molecule has 27 heavy (non-hydrogen) atoms. The molecule has 0 bridgehead atoms. The van der Waals surface area contributed by atoms with E-state index in [1.807, 2.05) is 0 Å². The lowest BCUT2D eigenvalue weighted by Crippen LogP contribution is -2.53. The zero-order valence-corrected chi connectivity index (χ0v) is 15.8. The summed E-state index contributed by atoms with van der Waals surface area (Å²) in [7, 11) is 0. The molecule has 3 heterocycles. The van der Waals surface area contributed by atoms with Crippen LogP contribution in [0.4, 0.5) is 4.79 Å². The zero-order valence-electron chi connectivity index (χ0n) is 15.8. The number of aliphatic hydroxyl groups is 1. The van der Waals surface area contributed by atoms with Gasteiger partial charge in [0.25, 0.3) is 5.91 Å². The van der Waals surface area contributed by atoms with Gasteiger partial charge in [-0.3, -0.25) is 9.69 Å². The summed E-state index contributed by atoms with van der Waals surface area (Å²) < 4.78 is 5.15. The van der Waals surface area contributed by atoms with E-state index in [1.54, 1.807) is 21.9 Å². The van der Waals surface area contributed by atoms with E-state index in [0.29, 0.717) is 38.5 Å². The van der Waals surface area contributed by atoms with Crippen LogP contribution in [-0.4, -0.2) is 90.2 Å². The Morgan fingerprint density at radius 3 is 2.63 bits per heavy atom. The van der Waals surface area contributed by atoms with E-state index >= 15 is 0 Å². The van der Waals surface area contributed by atoms with Crippen LogP contribution in [0, 0.1) is 0 Å². The van der Waals surface area contributed by atoms with Crippen molar-refractivity contribution in [2.75, 3.05) is 52.4 Å². The van der Waals surface area contributed by atoms with Gasteiger partial charge in [-0.25, -0.2) is 4.79 Å². The number of rotatable bonds is 6. The summed E-state index contributed by atoms with van der Waals surface area (Å²) in [6, 6.07) is 3.56. The molecule has 0 aromatic carbocycles. The second-order valence-electron chi connectivity index (χ2n) is 7.21. The molecular formula is C19H30N4O4. The van der Waals surface area contributed by atoms with Crippen LogP contribution >= 0.6 is 0 Å². The van der Waals surface area contributed by atoms with Gasteiger partial charge >= 0.3 is 6.03 Å². The van der Waals surface area contributed by atoms with Crippen LogP contribution in [0.5, 0.6) is 0 Å². The number of nitrogens with one attached hydrogen (secondary N) is 1. The number of hydrogen-bond donors (Lipinski definition) is 2. The number of carbonyl (C=O) groups excluding carboxylic acids is 2. The maximum absolute atomic E-state index is 12.3. The molecule has 0 unspecified atom stereocenters. The van der Waals surface area contributed by atoms with Gasteiger partial charge < -0.3 is 24.6 Å². The predicted molar refractivity (Wildman–Crippen MR) is 100 cm³/mol. The standard InChI is InChI=1S/C19H30N4O4/c24-15-16-5-1-2-8-21(16)9-4-7-20-19(26)23-12-10-22(11-13-23)18(25)17-6-3-14-27-17/h3,6,14,16,24H,1-2,4-5,7-13,15H2,(H,20,26)/t16-/m0/s1. The van der Waals surface area contributed by atoms with Crippen molar-refractivity contribution in [1.82, 2.24) is 20.0 Å². The van der Waals surface area contributed by atoms with Gasteiger partial charge in [0, 0.05) is 45.3 Å². The first-order valence-electron chi connectivity index (χ1n) is 9.89. The third-order valence-electron chi connectivity index (χ3n) is 5.44. The van der Waals surface area contributed by atoms with Gasteiger partial charge in [0.05, 0.1) is 12.9 Å². The molecule has 8 nitrogen and oxygen atoms in total. The van der Waals surface area contributed by atoms with E-state index < -0.39 is 0 Å². The van der Waals surface area contributed by atoms with Crippen molar-refractivity contribution in [3.8, 4) is 0 Å². The Balaban J connectivity index is 1.33. The first kappa shape index (κ1) is 19.7. The van der Waals surface area contributed by atoms with Crippen LogP contribution in [0.15, 0.2) is 22.8 Å². The fraction of sp³-hybridized carbons (Fsp3) is 0.684. The molecule has 2 aliphatic heterocycles. The van der Waals surface area contributed by atoms with Crippen LogP contribution in [0.1, 0.15) is 36.2 Å². The minimum absolute atomic E-state index is 0.0718. The first-order chi connectivity index (χ1) is 13.2. The Bertz CT molecular complexity index is 599. The van der Waals surface area contributed by atoms with Crippen molar-refractivity contribution in [2.45, 2.75) is 31.7 Å². The highest BCUT2D eigenvalue weighted by molar-refractivity contribution is 5.91. The maximum atomic E-state index is 12.3. The fourth-order valence-corrected chi connectivity index (χ4v) is 3.82. The quantitative estimate of drug-likeness (QED) is 0.721. The molecule has 0 spiro atoms. The molecule has 0 saturated carbocycles. The van der Waals surface area contributed by atoms with Crippen molar-refractivity contribution < 1.29 is 19.1 Å². The van der Waals surface area contributed by atoms with E-state index in [4.69, 9.17) is 4.42 Å². The summed E-state index contributed by atoms with van der Waals surface area (Å²) in [5, 5.41) is 12.4. The Labute approximate surface area is 160 Å². The van der Waals surface area contributed by atoms with Crippen molar-refractivity contribution in [2.24, 2.45) is 0 Å². The molecule has 150 valence electrons. The van der Waals surface area contributed by atoms with E-state index in [1.165, 1.54) is 19.1 Å². The summed E-state index contributed by atoms with van der Waals surface area (Å²) >= 11 is 0. The van der Waals surface area contributed by atoms with Crippen molar-refractivity contribution in [1.29, 1.82) is 0 Å². The van der Waals surface area contributed by atoms with Gasteiger partial charge in [0.1, 0.15) is 0 Å². The second kappa shape index (κ2) is 9.75. The molecule has 2 N–H and O–H groups in total. The fourth-order valence-electron chi connectivity index (χ4n) is 3.82. The topological polar surface area (TPSA) is 89.3 Å². The number of carbonyl (C=O) groups is 2. The van der Waals surface area contributed by atoms with Gasteiger partial charge in [0.2, 0.25) is 0 Å². The van der Waals surface area contributed by atoms with Gasteiger partial charge in [-0.15, -0.1) is 0 Å². The van der Waals surface area contributed by atoms with E-state index in [0.717, 1.165) is 25.9 Å². The van der Waals surface area contributed by atoms with Crippen LogP contribution < -0.4 is 5.32 Å².